The fraction of sp³-hybridized carbons (Fsp3) is 0.400. The summed E-state index contributed by atoms with van der Waals surface area (Å²) in [6, 6.07) is 21.7. The molecular formula is C20H27N. The first-order chi connectivity index (χ1) is 10.3. The normalized spacial score (nSPS) is 11.2. The fourth-order valence-electron chi connectivity index (χ4n) is 2.66. The van der Waals surface area contributed by atoms with E-state index in [4.69, 9.17) is 0 Å². The summed E-state index contributed by atoms with van der Waals surface area (Å²) >= 11 is 0. The molecule has 1 nitrogen and oxygen atoms in total. The lowest BCUT2D eigenvalue weighted by molar-refractivity contribution is 0.524. The molecule has 0 bridgehead atoms. The average Bonchev–Trinajstić information content (AvgIpc) is 2.52. The van der Waals surface area contributed by atoms with Crippen molar-refractivity contribution in [1.82, 2.24) is 5.32 Å². The number of hydrogen-bond donors (Lipinski definition) is 1. The van der Waals surface area contributed by atoms with Crippen molar-refractivity contribution in [2.75, 3.05) is 13.1 Å². The van der Waals surface area contributed by atoms with Gasteiger partial charge in [-0.3, -0.25) is 0 Å². The molecule has 0 aliphatic heterocycles. The maximum absolute atomic E-state index is 3.59. The molecule has 0 aliphatic carbocycles. The van der Waals surface area contributed by atoms with E-state index in [0.717, 1.165) is 25.4 Å². The van der Waals surface area contributed by atoms with Crippen LogP contribution in [0.3, 0.4) is 0 Å². The van der Waals surface area contributed by atoms with E-state index in [2.05, 4.69) is 79.8 Å². The lowest BCUT2D eigenvalue weighted by atomic mass is 9.88. The minimum Gasteiger partial charge on any atom is -0.317 e. The molecule has 2 aromatic carbocycles. The minimum absolute atomic E-state index is 0.485. The van der Waals surface area contributed by atoms with Crippen LogP contribution in [0.1, 0.15) is 43.7 Å². The molecule has 2 aromatic rings. The lowest BCUT2D eigenvalue weighted by Crippen LogP contribution is -2.20. The quantitative estimate of drug-likeness (QED) is 0.682. The summed E-state index contributed by atoms with van der Waals surface area (Å²) in [5.74, 6) is 1.26. The number of benzene rings is 2. The van der Waals surface area contributed by atoms with Crippen molar-refractivity contribution in [3.05, 3.63) is 71.8 Å². The second-order valence-corrected chi connectivity index (χ2v) is 6.10. The third-order valence-corrected chi connectivity index (χ3v) is 3.91. The summed E-state index contributed by atoms with van der Waals surface area (Å²) in [6.45, 7) is 6.74. The average molecular weight is 281 g/mol. The maximum Gasteiger partial charge on any atom is 0.0101 e. The SMILES string of the molecule is CC(C)CCNCCC(c1ccccc1)c1ccccc1. The Kier molecular flexibility index (Phi) is 6.49. The van der Waals surface area contributed by atoms with Gasteiger partial charge >= 0.3 is 0 Å². The maximum atomic E-state index is 3.59. The van der Waals surface area contributed by atoms with Crippen LogP contribution in [0.5, 0.6) is 0 Å². The Balaban J connectivity index is 1.97. The molecule has 0 saturated carbocycles. The summed E-state index contributed by atoms with van der Waals surface area (Å²) in [4.78, 5) is 0. The monoisotopic (exact) mass is 281 g/mol. The molecule has 0 unspecified atom stereocenters. The molecule has 21 heavy (non-hydrogen) atoms. The van der Waals surface area contributed by atoms with Crippen molar-refractivity contribution in [3.63, 3.8) is 0 Å². The van der Waals surface area contributed by atoms with Gasteiger partial charge < -0.3 is 5.32 Å². The highest BCUT2D eigenvalue weighted by Gasteiger charge is 2.13. The molecule has 1 N–H and O–H groups in total. The van der Waals surface area contributed by atoms with E-state index >= 15 is 0 Å². The van der Waals surface area contributed by atoms with Crippen LogP contribution < -0.4 is 5.32 Å². The Labute approximate surface area is 129 Å². The summed E-state index contributed by atoms with van der Waals surface area (Å²) in [7, 11) is 0. The Morgan fingerprint density at radius 2 is 1.19 bits per heavy atom. The van der Waals surface area contributed by atoms with E-state index < -0.39 is 0 Å². The number of hydrogen-bond acceptors (Lipinski definition) is 1. The number of nitrogens with one attached hydrogen (secondary N) is 1. The van der Waals surface area contributed by atoms with Crippen molar-refractivity contribution >= 4 is 0 Å². The molecular weight excluding hydrogens is 254 g/mol. The molecule has 0 amide bonds. The van der Waals surface area contributed by atoms with Crippen molar-refractivity contribution in [1.29, 1.82) is 0 Å². The molecule has 0 atom stereocenters. The molecule has 0 saturated heterocycles. The topological polar surface area (TPSA) is 12.0 Å². The molecule has 1 heteroatoms. The van der Waals surface area contributed by atoms with Gasteiger partial charge in [0.15, 0.2) is 0 Å². The summed E-state index contributed by atoms with van der Waals surface area (Å²) < 4.78 is 0. The van der Waals surface area contributed by atoms with Gasteiger partial charge in [-0.25, -0.2) is 0 Å². The van der Waals surface area contributed by atoms with Crippen LogP contribution in [0.2, 0.25) is 0 Å². The smallest absolute Gasteiger partial charge is 0.0101 e. The number of rotatable bonds is 8. The Morgan fingerprint density at radius 3 is 1.67 bits per heavy atom. The molecule has 2 rings (SSSR count). The molecule has 0 aliphatic rings. The minimum atomic E-state index is 0.485. The van der Waals surface area contributed by atoms with Crippen LogP contribution in [-0.4, -0.2) is 13.1 Å². The molecule has 0 radical (unpaired) electrons. The van der Waals surface area contributed by atoms with Gasteiger partial charge in [-0.1, -0.05) is 74.5 Å². The summed E-state index contributed by atoms with van der Waals surface area (Å²) in [5.41, 5.74) is 2.82. The van der Waals surface area contributed by atoms with Gasteiger partial charge in [0.2, 0.25) is 0 Å². The highest BCUT2D eigenvalue weighted by atomic mass is 14.8. The Morgan fingerprint density at radius 1 is 0.714 bits per heavy atom. The lowest BCUT2D eigenvalue weighted by Gasteiger charge is -2.18. The second kappa shape index (κ2) is 8.63. The largest absolute Gasteiger partial charge is 0.317 e. The first-order valence-electron chi connectivity index (χ1n) is 8.08. The Bertz CT molecular complexity index is 450. The van der Waals surface area contributed by atoms with Gasteiger partial charge in [0.25, 0.3) is 0 Å². The molecule has 0 spiro atoms. The van der Waals surface area contributed by atoms with Crippen LogP contribution in [0, 0.1) is 5.92 Å². The standard InChI is InChI=1S/C20H27N/c1-17(2)13-15-21-16-14-20(18-9-5-3-6-10-18)19-11-7-4-8-12-19/h3-12,17,20-21H,13-16H2,1-2H3. The van der Waals surface area contributed by atoms with Gasteiger partial charge in [0.1, 0.15) is 0 Å². The van der Waals surface area contributed by atoms with Crippen molar-refractivity contribution < 1.29 is 0 Å². The van der Waals surface area contributed by atoms with E-state index in [9.17, 15) is 0 Å². The van der Waals surface area contributed by atoms with Gasteiger partial charge in [0.05, 0.1) is 0 Å². The molecule has 0 fully saturated rings. The fourth-order valence-corrected chi connectivity index (χ4v) is 2.66. The van der Waals surface area contributed by atoms with Gasteiger partial charge in [0, 0.05) is 5.92 Å². The van der Waals surface area contributed by atoms with E-state index in [0.29, 0.717) is 5.92 Å². The van der Waals surface area contributed by atoms with Gasteiger partial charge in [-0.2, -0.15) is 0 Å². The van der Waals surface area contributed by atoms with E-state index in [-0.39, 0.29) is 0 Å². The third-order valence-electron chi connectivity index (χ3n) is 3.91. The van der Waals surface area contributed by atoms with Gasteiger partial charge in [-0.15, -0.1) is 0 Å². The molecule has 0 heterocycles. The van der Waals surface area contributed by atoms with E-state index in [1.54, 1.807) is 0 Å². The first kappa shape index (κ1) is 15.8. The molecule has 112 valence electrons. The van der Waals surface area contributed by atoms with Crippen LogP contribution in [0.15, 0.2) is 60.7 Å². The highest BCUT2D eigenvalue weighted by molar-refractivity contribution is 5.32. The zero-order valence-corrected chi connectivity index (χ0v) is 13.3. The Hall–Kier alpha value is -1.60. The van der Waals surface area contributed by atoms with Crippen LogP contribution in [0.25, 0.3) is 0 Å². The predicted molar refractivity (Wildman–Crippen MR) is 91.7 cm³/mol. The van der Waals surface area contributed by atoms with Crippen LogP contribution >= 0.6 is 0 Å². The van der Waals surface area contributed by atoms with Gasteiger partial charge in [-0.05, 0) is 43.0 Å². The summed E-state index contributed by atoms with van der Waals surface area (Å²) in [6.07, 6.45) is 2.40. The van der Waals surface area contributed by atoms with E-state index in [1.165, 1.54) is 17.5 Å². The zero-order valence-electron chi connectivity index (χ0n) is 13.3. The predicted octanol–water partition coefficient (Wildman–Crippen LogP) is 4.84. The van der Waals surface area contributed by atoms with Crippen LogP contribution in [-0.2, 0) is 0 Å². The van der Waals surface area contributed by atoms with E-state index in [1.807, 2.05) is 0 Å². The second-order valence-electron chi connectivity index (χ2n) is 6.10. The third kappa shape index (κ3) is 5.35. The van der Waals surface area contributed by atoms with Crippen molar-refractivity contribution in [3.8, 4) is 0 Å². The van der Waals surface area contributed by atoms with Crippen molar-refractivity contribution in [2.45, 2.75) is 32.6 Å². The first-order valence-corrected chi connectivity index (χ1v) is 8.08. The molecule has 0 aromatic heterocycles. The highest BCUT2D eigenvalue weighted by Crippen LogP contribution is 2.27. The zero-order chi connectivity index (χ0) is 14.9. The van der Waals surface area contributed by atoms with Crippen LogP contribution in [0.4, 0.5) is 0 Å². The van der Waals surface area contributed by atoms with Crippen molar-refractivity contribution in [2.24, 2.45) is 5.92 Å². The summed E-state index contributed by atoms with van der Waals surface area (Å²) in [5, 5.41) is 3.59.